The molecule has 1 aromatic carbocycles. The molecule has 0 aliphatic rings. The standard InChI is InChI=1S/C14H19ClN2O3/c1-8(2)11(7-13(18)19)16-14(20)17-12-6-10(15)5-4-9(12)3/h4-6,8,11H,7H2,1-3H3,(H,18,19)(H2,16,17,20). The summed E-state index contributed by atoms with van der Waals surface area (Å²) in [6.07, 6.45) is -0.111. The fraction of sp³-hybridized carbons (Fsp3) is 0.429. The number of hydrogen-bond acceptors (Lipinski definition) is 2. The van der Waals surface area contributed by atoms with Gasteiger partial charge in [-0.2, -0.15) is 0 Å². The fourth-order valence-electron chi connectivity index (χ4n) is 1.70. The number of aryl methyl sites for hydroxylation is 1. The Bertz CT molecular complexity index is 503. The van der Waals surface area contributed by atoms with Gasteiger partial charge in [0.05, 0.1) is 6.42 Å². The Balaban J connectivity index is 2.70. The second-order valence-corrected chi connectivity index (χ2v) is 5.44. The maximum absolute atomic E-state index is 11.9. The van der Waals surface area contributed by atoms with Crippen molar-refractivity contribution in [2.75, 3.05) is 5.32 Å². The van der Waals surface area contributed by atoms with Gasteiger partial charge in [0.2, 0.25) is 0 Å². The summed E-state index contributed by atoms with van der Waals surface area (Å²) in [5.74, 6) is -0.916. The zero-order chi connectivity index (χ0) is 15.3. The molecule has 0 spiro atoms. The molecule has 3 N–H and O–H groups in total. The van der Waals surface area contributed by atoms with Crippen molar-refractivity contribution in [2.45, 2.75) is 33.2 Å². The van der Waals surface area contributed by atoms with Gasteiger partial charge in [-0.1, -0.05) is 31.5 Å². The third-order valence-corrected chi connectivity index (χ3v) is 3.20. The minimum absolute atomic E-state index is 0.0253. The maximum Gasteiger partial charge on any atom is 0.319 e. The molecule has 6 heteroatoms. The van der Waals surface area contributed by atoms with Crippen molar-refractivity contribution in [3.8, 4) is 0 Å². The quantitative estimate of drug-likeness (QED) is 0.780. The summed E-state index contributed by atoms with van der Waals surface area (Å²) in [6, 6.07) is 4.33. The van der Waals surface area contributed by atoms with Gasteiger partial charge in [-0.3, -0.25) is 4.79 Å². The molecule has 1 rings (SSSR count). The summed E-state index contributed by atoms with van der Waals surface area (Å²) in [4.78, 5) is 22.7. The topological polar surface area (TPSA) is 78.4 Å². The molecule has 0 saturated heterocycles. The van der Waals surface area contributed by atoms with Crippen LogP contribution in [0.5, 0.6) is 0 Å². The van der Waals surface area contributed by atoms with Crippen LogP contribution in [0.4, 0.5) is 10.5 Å². The van der Waals surface area contributed by atoms with Crippen molar-refractivity contribution in [2.24, 2.45) is 5.92 Å². The Morgan fingerprint density at radius 1 is 1.35 bits per heavy atom. The molecule has 1 unspecified atom stereocenters. The number of rotatable bonds is 5. The van der Waals surface area contributed by atoms with E-state index >= 15 is 0 Å². The lowest BCUT2D eigenvalue weighted by Crippen LogP contribution is -2.42. The number of carbonyl (C=O) groups excluding carboxylic acids is 1. The first kappa shape index (κ1) is 16.3. The number of halogens is 1. The predicted molar refractivity (Wildman–Crippen MR) is 79.2 cm³/mol. The van der Waals surface area contributed by atoms with Crippen LogP contribution in [0.15, 0.2) is 18.2 Å². The highest BCUT2D eigenvalue weighted by molar-refractivity contribution is 6.31. The molecule has 0 aliphatic heterocycles. The molecular weight excluding hydrogens is 280 g/mol. The summed E-state index contributed by atoms with van der Waals surface area (Å²) in [7, 11) is 0. The molecule has 2 amide bonds. The Kier molecular flexibility index (Phi) is 5.82. The van der Waals surface area contributed by atoms with E-state index in [1.807, 2.05) is 20.8 Å². The molecular formula is C14H19ClN2O3. The Labute approximate surface area is 123 Å². The van der Waals surface area contributed by atoms with Crippen LogP contribution in [0.1, 0.15) is 25.8 Å². The van der Waals surface area contributed by atoms with Crippen molar-refractivity contribution >= 4 is 29.3 Å². The summed E-state index contributed by atoms with van der Waals surface area (Å²) >= 11 is 5.88. The van der Waals surface area contributed by atoms with E-state index in [0.29, 0.717) is 10.7 Å². The fourth-order valence-corrected chi connectivity index (χ4v) is 1.87. The first-order valence-corrected chi connectivity index (χ1v) is 6.73. The van der Waals surface area contributed by atoms with Gasteiger partial charge in [0.25, 0.3) is 0 Å². The highest BCUT2D eigenvalue weighted by atomic mass is 35.5. The second kappa shape index (κ2) is 7.14. The monoisotopic (exact) mass is 298 g/mol. The van der Waals surface area contributed by atoms with Crippen LogP contribution < -0.4 is 10.6 Å². The number of anilines is 1. The minimum atomic E-state index is -0.942. The first-order chi connectivity index (χ1) is 9.29. The Morgan fingerprint density at radius 2 is 2.00 bits per heavy atom. The van der Waals surface area contributed by atoms with Crippen LogP contribution in [0, 0.1) is 12.8 Å². The molecule has 20 heavy (non-hydrogen) atoms. The maximum atomic E-state index is 11.9. The average molecular weight is 299 g/mol. The number of hydrogen-bond donors (Lipinski definition) is 3. The first-order valence-electron chi connectivity index (χ1n) is 6.35. The molecule has 0 aliphatic carbocycles. The molecule has 0 heterocycles. The van der Waals surface area contributed by atoms with Crippen LogP contribution in [-0.4, -0.2) is 23.1 Å². The van der Waals surface area contributed by atoms with Crippen molar-refractivity contribution in [3.05, 3.63) is 28.8 Å². The number of amides is 2. The van der Waals surface area contributed by atoms with Gasteiger partial charge in [-0.05, 0) is 30.5 Å². The number of urea groups is 1. The number of carboxylic acid groups (broad SMARTS) is 1. The second-order valence-electron chi connectivity index (χ2n) is 5.01. The van der Waals surface area contributed by atoms with Crippen molar-refractivity contribution in [1.29, 1.82) is 0 Å². The van der Waals surface area contributed by atoms with Crippen LogP contribution >= 0.6 is 11.6 Å². The molecule has 5 nitrogen and oxygen atoms in total. The highest BCUT2D eigenvalue weighted by Gasteiger charge is 2.19. The molecule has 110 valence electrons. The lowest BCUT2D eigenvalue weighted by atomic mass is 10.0. The van der Waals surface area contributed by atoms with E-state index < -0.39 is 18.0 Å². The van der Waals surface area contributed by atoms with Crippen LogP contribution in [-0.2, 0) is 4.79 Å². The smallest absolute Gasteiger partial charge is 0.319 e. The number of nitrogens with one attached hydrogen (secondary N) is 2. The summed E-state index contributed by atoms with van der Waals surface area (Å²) in [6.45, 7) is 5.57. The van der Waals surface area contributed by atoms with E-state index in [2.05, 4.69) is 10.6 Å². The number of benzene rings is 1. The van der Waals surface area contributed by atoms with Gasteiger partial charge in [0.15, 0.2) is 0 Å². The molecule has 0 aromatic heterocycles. The predicted octanol–water partition coefficient (Wildman–Crippen LogP) is 3.27. The van der Waals surface area contributed by atoms with Gasteiger partial charge in [-0.15, -0.1) is 0 Å². The van der Waals surface area contributed by atoms with E-state index in [1.54, 1.807) is 18.2 Å². The third-order valence-electron chi connectivity index (χ3n) is 2.96. The molecule has 0 fully saturated rings. The van der Waals surface area contributed by atoms with Crippen molar-refractivity contribution in [1.82, 2.24) is 5.32 Å². The van der Waals surface area contributed by atoms with Crippen LogP contribution in [0.25, 0.3) is 0 Å². The van der Waals surface area contributed by atoms with Gasteiger partial charge in [-0.25, -0.2) is 4.79 Å². The van der Waals surface area contributed by atoms with Crippen LogP contribution in [0.2, 0.25) is 5.02 Å². The summed E-state index contributed by atoms with van der Waals surface area (Å²) in [5.41, 5.74) is 1.48. The van der Waals surface area contributed by atoms with E-state index in [4.69, 9.17) is 16.7 Å². The number of carbonyl (C=O) groups is 2. The minimum Gasteiger partial charge on any atom is -0.481 e. The third kappa shape index (κ3) is 5.09. The van der Waals surface area contributed by atoms with E-state index in [9.17, 15) is 9.59 Å². The lowest BCUT2D eigenvalue weighted by Gasteiger charge is -2.21. The molecule has 0 bridgehead atoms. The summed E-state index contributed by atoms with van der Waals surface area (Å²) in [5, 5.41) is 14.7. The lowest BCUT2D eigenvalue weighted by molar-refractivity contribution is -0.137. The number of carboxylic acids is 1. The highest BCUT2D eigenvalue weighted by Crippen LogP contribution is 2.20. The van der Waals surface area contributed by atoms with Crippen LogP contribution in [0.3, 0.4) is 0 Å². The normalized spacial score (nSPS) is 12.1. The Morgan fingerprint density at radius 3 is 2.55 bits per heavy atom. The van der Waals surface area contributed by atoms with E-state index in [0.717, 1.165) is 5.56 Å². The van der Waals surface area contributed by atoms with Gasteiger partial charge >= 0.3 is 12.0 Å². The zero-order valence-electron chi connectivity index (χ0n) is 11.7. The van der Waals surface area contributed by atoms with Gasteiger partial charge in [0, 0.05) is 16.8 Å². The molecule has 1 atom stereocenters. The van der Waals surface area contributed by atoms with Gasteiger partial charge in [0.1, 0.15) is 0 Å². The molecule has 1 aromatic rings. The summed E-state index contributed by atoms with van der Waals surface area (Å²) < 4.78 is 0. The zero-order valence-corrected chi connectivity index (χ0v) is 12.5. The molecule has 0 saturated carbocycles. The number of aliphatic carboxylic acids is 1. The molecule has 0 radical (unpaired) electrons. The van der Waals surface area contributed by atoms with E-state index in [1.165, 1.54) is 0 Å². The Hall–Kier alpha value is -1.75. The van der Waals surface area contributed by atoms with Crippen molar-refractivity contribution in [3.63, 3.8) is 0 Å². The largest absolute Gasteiger partial charge is 0.481 e. The van der Waals surface area contributed by atoms with Gasteiger partial charge < -0.3 is 15.7 Å². The van der Waals surface area contributed by atoms with E-state index in [-0.39, 0.29) is 12.3 Å². The average Bonchev–Trinajstić information content (AvgIpc) is 2.32. The van der Waals surface area contributed by atoms with Crippen molar-refractivity contribution < 1.29 is 14.7 Å². The SMILES string of the molecule is Cc1ccc(Cl)cc1NC(=O)NC(CC(=O)O)C(C)C.